The summed E-state index contributed by atoms with van der Waals surface area (Å²) in [5.41, 5.74) is 1.50. The molecule has 2 heterocycles. The molecule has 0 spiro atoms. The molecule has 32 heavy (non-hydrogen) atoms. The first-order valence-corrected chi connectivity index (χ1v) is 13.5. The van der Waals surface area contributed by atoms with E-state index in [1.165, 1.54) is 24.3 Å². The number of rotatable bonds is 6. The smallest absolute Gasteiger partial charge is 0.255 e. The Morgan fingerprint density at radius 2 is 1.84 bits per heavy atom. The van der Waals surface area contributed by atoms with Gasteiger partial charge in [0.2, 0.25) is 15.9 Å². The minimum Gasteiger partial charge on any atom is -0.322 e. The lowest BCUT2D eigenvalue weighted by atomic mass is 10.2. The highest BCUT2D eigenvalue weighted by Gasteiger charge is 2.31. The van der Waals surface area contributed by atoms with Gasteiger partial charge in [-0.25, -0.2) is 21.6 Å². The minimum absolute atomic E-state index is 0.0353. The summed E-state index contributed by atoms with van der Waals surface area (Å²) in [5.74, 6) is -0.621. The molecular weight excluding hydrogens is 454 g/mol. The first kappa shape index (κ1) is 22.4. The Kier molecular flexibility index (Phi) is 6.06. The molecule has 2 aromatic rings. The molecule has 0 radical (unpaired) electrons. The van der Waals surface area contributed by atoms with E-state index in [4.69, 9.17) is 0 Å². The molecule has 0 aromatic heterocycles. The molecule has 1 unspecified atom stereocenters. The summed E-state index contributed by atoms with van der Waals surface area (Å²) < 4.78 is 50.5. The number of sulfone groups is 1. The number of sulfonamides is 1. The summed E-state index contributed by atoms with van der Waals surface area (Å²) in [7, 11) is -7.11. The molecule has 2 amide bonds. The predicted octanol–water partition coefficient (Wildman–Crippen LogP) is 1.53. The minimum atomic E-state index is -3.90. The van der Waals surface area contributed by atoms with E-state index in [2.05, 4.69) is 10.0 Å². The lowest BCUT2D eigenvalue weighted by Crippen LogP contribution is -2.35. The van der Waals surface area contributed by atoms with Crippen LogP contribution in [0.2, 0.25) is 0 Å². The third-order valence-electron chi connectivity index (χ3n) is 5.47. The van der Waals surface area contributed by atoms with Crippen LogP contribution in [-0.2, 0) is 24.7 Å². The van der Waals surface area contributed by atoms with E-state index in [1.807, 2.05) is 0 Å². The van der Waals surface area contributed by atoms with Crippen LogP contribution in [0.15, 0.2) is 53.4 Å². The molecule has 1 atom stereocenters. The maximum Gasteiger partial charge on any atom is 0.255 e. The number of amides is 2. The van der Waals surface area contributed by atoms with Gasteiger partial charge in [-0.15, -0.1) is 0 Å². The molecular formula is C21H23N3O6S2. The summed E-state index contributed by atoms with van der Waals surface area (Å²) in [6.07, 6.45) is 1.55. The first-order chi connectivity index (χ1) is 15.1. The fraction of sp³-hybridized carbons (Fsp3) is 0.333. The van der Waals surface area contributed by atoms with Gasteiger partial charge in [-0.1, -0.05) is 6.07 Å². The van der Waals surface area contributed by atoms with E-state index >= 15 is 0 Å². The molecule has 4 rings (SSSR count). The van der Waals surface area contributed by atoms with Crippen molar-refractivity contribution in [3.8, 4) is 0 Å². The summed E-state index contributed by atoms with van der Waals surface area (Å²) in [5, 5.41) is 2.75. The van der Waals surface area contributed by atoms with Gasteiger partial charge in [-0.2, -0.15) is 0 Å². The van der Waals surface area contributed by atoms with Crippen molar-refractivity contribution in [1.82, 2.24) is 4.72 Å². The highest BCUT2D eigenvalue weighted by atomic mass is 32.2. The fourth-order valence-corrected chi connectivity index (χ4v) is 6.89. The van der Waals surface area contributed by atoms with E-state index in [-0.39, 0.29) is 34.3 Å². The molecule has 2 N–H and O–H groups in total. The van der Waals surface area contributed by atoms with Crippen LogP contribution in [0.5, 0.6) is 0 Å². The topological polar surface area (TPSA) is 130 Å². The number of nitrogens with one attached hydrogen (secondary N) is 2. The van der Waals surface area contributed by atoms with E-state index in [0.717, 1.165) is 6.42 Å². The van der Waals surface area contributed by atoms with Crippen LogP contribution in [0.4, 0.5) is 11.4 Å². The van der Waals surface area contributed by atoms with Crippen molar-refractivity contribution in [1.29, 1.82) is 0 Å². The van der Waals surface area contributed by atoms with Crippen molar-refractivity contribution in [2.45, 2.75) is 30.2 Å². The molecule has 2 aliphatic rings. The molecule has 0 aliphatic carbocycles. The first-order valence-electron chi connectivity index (χ1n) is 10.2. The molecule has 11 heteroatoms. The van der Waals surface area contributed by atoms with Crippen LogP contribution in [0.1, 0.15) is 29.6 Å². The Morgan fingerprint density at radius 3 is 2.47 bits per heavy atom. The Bertz CT molecular complexity index is 1260. The van der Waals surface area contributed by atoms with Crippen LogP contribution in [0.3, 0.4) is 0 Å². The number of carbonyl (C=O) groups excluding carboxylic acids is 2. The largest absolute Gasteiger partial charge is 0.322 e. The van der Waals surface area contributed by atoms with Crippen molar-refractivity contribution in [2.75, 3.05) is 28.3 Å². The van der Waals surface area contributed by atoms with Crippen LogP contribution in [0, 0.1) is 0 Å². The monoisotopic (exact) mass is 477 g/mol. The number of anilines is 2. The molecule has 170 valence electrons. The Labute approximate surface area is 186 Å². The van der Waals surface area contributed by atoms with E-state index in [0.29, 0.717) is 24.3 Å². The number of nitrogens with zero attached hydrogens (tertiary/aromatic N) is 1. The van der Waals surface area contributed by atoms with Crippen molar-refractivity contribution in [3.63, 3.8) is 0 Å². The fourth-order valence-electron chi connectivity index (χ4n) is 3.84. The van der Waals surface area contributed by atoms with Crippen LogP contribution < -0.4 is 14.9 Å². The molecule has 2 aromatic carbocycles. The molecule has 0 saturated carbocycles. The van der Waals surface area contributed by atoms with E-state index in [9.17, 15) is 26.4 Å². The second-order valence-electron chi connectivity index (χ2n) is 7.90. The zero-order valence-electron chi connectivity index (χ0n) is 17.2. The van der Waals surface area contributed by atoms with Crippen LogP contribution in [-0.4, -0.2) is 52.7 Å². The van der Waals surface area contributed by atoms with Gasteiger partial charge in [0.05, 0.1) is 16.4 Å². The second kappa shape index (κ2) is 8.64. The number of benzene rings is 2. The van der Waals surface area contributed by atoms with E-state index in [1.54, 1.807) is 29.2 Å². The number of carbonyl (C=O) groups is 2. The normalized spacial score (nSPS) is 20.4. The average molecular weight is 478 g/mol. The second-order valence-corrected chi connectivity index (χ2v) is 11.8. The van der Waals surface area contributed by atoms with Gasteiger partial charge in [0.15, 0.2) is 9.84 Å². The Balaban J connectivity index is 1.43. The van der Waals surface area contributed by atoms with Crippen LogP contribution >= 0.6 is 0 Å². The Hall–Kier alpha value is -2.76. The van der Waals surface area contributed by atoms with Crippen molar-refractivity contribution < 1.29 is 26.4 Å². The lowest BCUT2D eigenvalue weighted by Gasteiger charge is -2.17. The lowest BCUT2D eigenvalue weighted by molar-refractivity contribution is -0.117. The van der Waals surface area contributed by atoms with Gasteiger partial charge < -0.3 is 10.2 Å². The van der Waals surface area contributed by atoms with Gasteiger partial charge in [-0.3, -0.25) is 9.59 Å². The van der Waals surface area contributed by atoms with Gasteiger partial charge in [-0.05, 0) is 55.3 Å². The molecule has 2 fully saturated rings. The zero-order valence-corrected chi connectivity index (χ0v) is 18.8. The van der Waals surface area contributed by atoms with Crippen molar-refractivity contribution >= 4 is 43.0 Å². The average Bonchev–Trinajstić information content (AvgIpc) is 3.32. The predicted molar refractivity (Wildman–Crippen MR) is 120 cm³/mol. The summed E-state index contributed by atoms with van der Waals surface area (Å²) in [4.78, 5) is 26.2. The summed E-state index contributed by atoms with van der Waals surface area (Å²) in [6, 6.07) is 11.7. The maximum absolute atomic E-state index is 12.6. The third-order valence-corrected chi connectivity index (χ3v) is 8.77. The van der Waals surface area contributed by atoms with Crippen molar-refractivity contribution in [3.05, 3.63) is 54.1 Å². The van der Waals surface area contributed by atoms with E-state index < -0.39 is 31.8 Å². The highest BCUT2D eigenvalue weighted by molar-refractivity contribution is 7.92. The van der Waals surface area contributed by atoms with Crippen molar-refractivity contribution in [2.24, 2.45) is 0 Å². The standard InChI is InChI=1S/C21H23N3O6S2/c25-20-5-2-11-24(20)18-4-1-3-16(13-18)22-21(26)15-6-8-19(9-7-15)32(29,30)23-17-10-12-31(27,28)14-17/h1,3-4,6-9,13,17,23H,2,5,10-12,14H2,(H,22,26). The maximum atomic E-state index is 12.6. The molecule has 0 bridgehead atoms. The quantitative estimate of drug-likeness (QED) is 0.649. The SMILES string of the molecule is O=C(Nc1cccc(N2CCCC2=O)c1)c1ccc(S(=O)(=O)NC2CCS(=O)(=O)C2)cc1. The highest BCUT2D eigenvalue weighted by Crippen LogP contribution is 2.24. The van der Waals surface area contributed by atoms with Gasteiger partial charge in [0.1, 0.15) is 0 Å². The third kappa shape index (κ3) is 5.00. The number of hydrogen-bond acceptors (Lipinski definition) is 6. The zero-order chi connectivity index (χ0) is 22.9. The molecule has 9 nitrogen and oxygen atoms in total. The van der Waals surface area contributed by atoms with Crippen LogP contribution in [0.25, 0.3) is 0 Å². The molecule has 2 saturated heterocycles. The van der Waals surface area contributed by atoms with Gasteiger partial charge in [0, 0.05) is 35.9 Å². The molecule has 2 aliphatic heterocycles. The summed E-state index contributed by atoms with van der Waals surface area (Å²) in [6.45, 7) is 0.646. The van der Waals surface area contributed by atoms with Gasteiger partial charge in [0.25, 0.3) is 5.91 Å². The summed E-state index contributed by atoms with van der Waals surface area (Å²) >= 11 is 0. The Morgan fingerprint density at radius 1 is 1.09 bits per heavy atom. The van der Waals surface area contributed by atoms with Gasteiger partial charge >= 0.3 is 0 Å². The number of hydrogen-bond donors (Lipinski definition) is 2.